The Kier molecular flexibility index (Phi) is 3.64. The highest BCUT2D eigenvalue weighted by Crippen LogP contribution is 2.24. The van der Waals surface area contributed by atoms with E-state index in [9.17, 15) is 0 Å². The second-order valence-electron chi connectivity index (χ2n) is 4.05. The van der Waals surface area contributed by atoms with Gasteiger partial charge in [-0.15, -0.1) is 0 Å². The fraction of sp³-hybridized carbons (Fsp3) is 0.214. The summed E-state index contributed by atoms with van der Waals surface area (Å²) in [6.45, 7) is 4.05. The van der Waals surface area contributed by atoms with Crippen molar-refractivity contribution in [3.63, 3.8) is 0 Å². The zero-order valence-electron chi connectivity index (χ0n) is 9.94. The predicted molar refractivity (Wildman–Crippen MR) is 72.5 cm³/mol. The van der Waals surface area contributed by atoms with E-state index in [2.05, 4.69) is 17.2 Å². The van der Waals surface area contributed by atoms with Crippen LogP contribution in [0.3, 0.4) is 0 Å². The zero-order valence-corrected chi connectivity index (χ0v) is 10.7. The van der Waals surface area contributed by atoms with Gasteiger partial charge in [0.1, 0.15) is 5.82 Å². The summed E-state index contributed by atoms with van der Waals surface area (Å²) in [6.07, 6.45) is 0. The van der Waals surface area contributed by atoms with Gasteiger partial charge in [0, 0.05) is 10.7 Å². The molecule has 1 aromatic carbocycles. The number of halogens is 1. The van der Waals surface area contributed by atoms with Crippen molar-refractivity contribution in [3.05, 3.63) is 58.7 Å². The van der Waals surface area contributed by atoms with E-state index in [1.54, 1.807) is 0 Å². The van der Waals surface area contributed by atoms with Crippen molar-refractivity contribution in [2.45, 2.75) is 19.9 Å². The van der Waals surface area contributed by atoms with E-state index in [1.807, 2.05) is 49.4 Å². The molecule has 2 rings (SSSR count). The Bertz CT molecular complexity index is 511. The molecule has 2 nitrogen and oxygen atoms in total. The lowest BCUT2D eigenvalue weighted by molar-refractivity contribution is 0.873. The van der Waals surface area contributed by atoms with Gasteiger partial charge >= 0.3 is 0 Å². The fourth-order valence-electron chi connectivity index (χ4n) is 1.75. The molecule has 0 spiro atoms. The van der Waals surface area contributed by atoms with E-state index in [0.29, 0.717) is 0 Å². The van der Waals surface area contributed by atoms with Gasteiger partial charge in [-0.05, 0) is 37.6 Å². The van der Waals surface area contributed by atoms with Gasteiger partial charge in [-0.3, -0.25) is 0 Å². The molecule has 17 heavy (non-hydrogen) atoms. The topological polar surface area (TPSA) is 24.9 Å². The van der Waals surface area contributed by atoms with Gasteiger partial charge in [0.05, 0.1) is 6.04 Å². The molecule has 0 fully saturated rings. The Hall–Kier alpha value is -1.54. The number of benzene rings is 1. The van der Waals surface area contributed by atoms with Crippen molar-refractivity contribution >= 4 is 17.4 Å². The third-order valence-corrected chi connectivity index (χ3v) is 2.97. The molecule has 1 N–H and O–H groups in total. The molecule has 1 atom stereocenters. The number of hydrogen-bond donors (Lipinski definition) is 1. The number of aromatic nitrogens is 1. The van der Waals surface area contributed by atoms with Crippen LogP contribution >= 0.6 is 11.6 Å². The Morgan fingerprint density at radius 2 is 1.88 bits per heavy atom. The van der Waals surface area contributed by atoms with Gasteiger partial charge < -0.3 is 5.32 Å². The van der Waals surface area contributed by atoms with Crippen molar-refractivity contribution in [2.24, 2.45) is 0 Å². The highest BCUT2D eigenvalue weighted by molar-refractivity contribution is 6.31. The molecular weight excluding hydrogens is 232 g/mol. The Balaban J connectivity index is 2.17. The minimum absolute atomic E-state index is 0.137. The summed E-state index contributed by atoms with van der Waals surface area (Å²) in [5.74, 6) is 0.873. The van der Waals surface area contributed by atoms with E-state index in [-0.39, 0.29) is 6.04 Å². The lowest BCUT2D eigenvalue weighted by atomic mass is 10.1. The molecule has 2 aromatic rings. The van der Waals surface area contributed by atoms with Crippen molar-refractivity contribution in [1.82, 2.24) is 4.98 Å². The van der Waals surface area contributed by atoms with Crippen molar-refractivity contribution < 1.29 is 0 Å². The number of hydrogen-bond acceptors (Lipinski definition) is 2. The van der Waals surface area contributed by atoms with E-state index >= 15 is 0 Å². The molecule has 1 heterocycles. The van der Waals surface area contributed by atoms with Crippen molar-refractivity contribution in [1.29, 1.82) is 0 Å². The average Bonchev–Trinajstić information content (AvgIpc) is 2.29. The normalized spacial score (nSPS) is 12.2. The van der Waals surface area contributed by atoms with Crippen molar-refractivity contribution in [2.75, 3.05) is 5.32 Å². The van der Waals surface area contributed by atoms with Crippen LogP contribution < -0.4 is 5.32 Å². The Morgan fingerprint density at radius 1 is 1.12 bits per heavy atom. The highest BCUT2D eigenvalue weighted by Gasteiger charge is 2.09. The minimum atomic E-state index is 0.137. The molecule has 0 aliphatic carbocycles. The summed E-state index contributed by atoms with van der Waals surface area (Å²) >= 11 is 6.16. The van der Waals surface area contributed by atoms with Crippen LogP contribution in [-0.2, 0) is 0 Å². The lowest BCUT2D eigenvalue weighted by Crippen LogP contribution is -2.08. The SMILES string of the molecule is Cc1cccc(NC(C)c2ccccc2Cl)n1. The van der Waals surface area contributed by atoms with Crippen LogP contribution in [0.4, 0.5) is 5.82 Å². The third kappa shape index (κ3) is 2.98. The van der Waals surface area contributed by atoms with Crippen LogP contribution in [-0.4, -0.2) is 4.98 Å². The summed E-state index contributed by atoms with van der Waals surface area (Å²) in [4.78, 5) is 4.41. The monoisotopic (exact) mass is 246 g/mol. The smallest absolute Gasteiger partial charge is 0.126 e. The van der Waals surface area contributed by atoms with Crippen LogP contribution in [0.5, 0.6) is 0 Å². The molecule has 0 amide bonds. The fourth-order valence-corrected chi connectivity index (χ4v) is 2.05. The lowest BCUT2D eigenvalue weighted by Gasteiger charge is -2.16. The number of nitrogens with one attached hydrogen (secondary N) is 1. The maximum atomic E-state index is 6.16. The molecule has 0 bridgehead atoms. The molecule has 88 valence electrons. The standard InChI is InChI=1S/C14H15ClN2/c1-10-6-5-9-14(16-10)17-11(2)12-7-3-4-8-13(12)15/h3-9,11H,1-2H3,(H,16,17). The molecule has 3 heteroatoms. The van der Waals surface area contributed by atoms with Gasteiger partial charge in [-0.25, -0.2) is 4.98 Å². The number of aryl methyl sites for hydroxylation is 1. The number of pyridine rings is 1. The van der Waals surface area contributed by atoms with Gasteiger partial charge in [0.15, 0.2) is 0 Å². The quantitative estimate of drug-likeness (QED) is 0.877. The van der Waals surface area contributed by atoms with Crippen LogP contribution in [0.25, 0.3) is 0 Å². The second-order valence-corrected chi connectivity index (χ2v) is 4.46. The molecule has 0 saturated heterocycles. The molecule has 0 aliphatic rings. The summed E-state index contributed by atoms with van der Waals surface area (Å²) in [6, 6.07) is 13.9. The first-order valence-electron chi connectivity index (χ1n) is 5.61. The summed E-state index contributed by atoms with van der Waals surface area (Å²) in [5, 5.41) is 4.12. The predicted octanol–water partition coefficient (Wildman–Crippen LogP) is 4.22. The second kappa shape index (κ2) is 5.19. The third-order valence-electron chi connectivity index (χ3n) is 2.62. The van der Waals surface area contributed by atoms with E-state index in [4.69, 9.17) is 11.6 Å². The first-order chi connectivity index (χ1) is 8.16. The molecule has 0 radical (unpaired) electrons. The average molecular weight is 247 g/mol. The molecular formula is C14H15ClN2. The summed E-state index contributed by atoms with van der Waals surface area (Å²) in [7, 11) is 0. The van der Waals surface area contributed by atoms with Gasteiger partial charge in [-0.2, -0.15) is 0 Å². The molecule has 1 unspecified atom stereocenters. The maximum Gasteiger partial charge on any atom is 0.126 e. The van der Waals surface area contributed by atoms with E-state index < -0.39 is 0 Å². The Labute approximate surface area is 107 Å². The molecule has 0 aliphatic heterocycles. The van der Waals surface area contributed by atoms with E-state index in [0.717, 1.165) is 22.1 Å². The van der Waals surface area contributed by atoms with Crippen LogP contribution in [0, 0.1) is 6.92 Å². The molecule has 0 saturated carbocycles. The first-order valence-corrected chi connectivity index (χ1v) is 5.99. The van der Waals surface area contributed by atoms with Crippen LogP contribution in [0.1, 0.15) is 24.2 Å². The Morgan fingerprint density at radius 3 is 2.59 bits per heavy atom. The summed E-state index contributed by atoms with van der Waals surface area (Å²) in [5.41, 5.74) is 2.08. The van der Waals surface area contributed by atoms with E-state index in [1.165, 1.54) is 0 Å². The van der Waals surface area contributed by atoms with Crippen LogP contribution in [0.2, 0.25) is 5.02 Å². The first kappa shape index (κ1) is 11.9. The van der Waals surface area contributed by atoms with Crippen molar-refractivity contribution in [3.8, 4) is 0 Å². The van der Waals surface area contributed by atoms with Crippen LogP contribution in [0.15, 0.2) is 42.5 Å². The maximum absolute atomic E-state index is 6.16. The highest BCUT2D eigenvalue weighted by atomic mass is 35.5. The number of nitrogens with zero attached hydrogens (tertiary/aromatic N) is 1. The van der Waals surface area contributed by atoms with Gasteiger partial charge in [0.25, 0.3) is 0 Å². The van der Waals surface area contributed by atoms with Gasteiger partial charge in [-0.1, -0.05) is 35.9 Å². The zero-order chi connectivity index (χ0) is 12.3. The summed E-state index contributed by atoms with van der Waals surface area (Å²) < 4.78 is 0. The largest absolute Gasteiger partial charge is 0.363 e. The number of anilines is 1. The number of rotatable bonds is 3. The minimum Gasteiger partial charge on any atom is -0.363 e. The molecule has 1 aromatic heterocycles. The van der Waals surface area contributed by atoms with Gasteiger partial charge in [0.2, 0.25) is 0 Å².